The molecule has 7 nitrogen and oxygen atoms in total. The lowest BCUT2D eigenvalue weighted by molar-refractivity contribution is -0.145. The predicted octanol–water partition coefficient (Wildman–Crippen LogP) is 4.28. The van der Waals surface area contributed by atoms with Gasteiger partial charge in [-0.05, 0) is 52.3 Å². The standard InChI is InChI=1S/C23H32N2O5/c1-6-29-21(26)13-17-9-7-8-12-25(17)14-19-16(3)30-23(24-19)18-10-11-20(27-4)15(2)22(18)28-5/h10-11,17H,6-9,12-14H2,1-5H3. The van der Waals surface area contributed by atoms with Gasteiger partial charge in [0.25, 0.3) is 0 Å². The quantitative estimate of drug-likeness (QED) is 0.595. The Morgan fingerprint density at radius 1 is 1.23 bits per heavy atom. The van der Waals surface area contributed by atoms with Crippen LogP contribution in [0.15, 0.2) is 16.5 Å². The second kappa shape index (κ2) is 9.98. The monoisotopic (exact) mass is 416 g/mol. The molecule has 0 radical (unpaired) electrons. The highest BCUT2D eigenvalue weighted by molar-refractivity contribution is 5.70. The number of esters is 1. The fourth-order valence-electron chi connectivity index (χ4n) is 4.12. The maximum absolute atomic E-state index is 12.0. The Bertz CT molecular complexity index is 877. The number of aromatic nitrogens is 1. The second-order valence-electron chi connectivity index (χ2n) is 7.62. The van der Waals surface area contributed by atoms with Gasteiger partial charge in [-0.3, -0.25) is 9.69 Å². The highest BCUT2D eigenvalue weighted by atomic mass is 16.5. The number of hydrogen-bond donors (Lipinski definition) is 0. The van der Waals surface area contributed by atoms with E-state index in [1.807, 2.05) is 32.9 Å². The minimum atomic E-state index is -0.134. The number of ether oxygens (including phenoxy) is 3. The average Bonchev–Trinajstić information content (AvgIpc) is 3.09. The minimum Gasteiger partial charge on any atom is -0.496 e. The summed E-state index contributed by atoms with van der Waals surface area (Å²) in [7, 11) is 3.27. The van der Waals surface area contributed by atoms with E-state index >= 15 is 0 Å². The maximum Gasteiger partial charge on any atom is 0.307 e. The summed E-state index contributed by atoms with van der Waals surface area (Å²) in [6, 6.07) is 3.98. The summed E-state index contributed by atoms with van der Waals surface area (Å²) >= 11 is 0. The Labute approximate surface area is 178 Å². The topological polar surface area (TPSA) is 74.0 Å². The van der Waals surface area contributed by atoms with Gasteiger partial charge in [-0.15, -0.1) is 0 Å². The molecule has 0 N–H and O–H groups in total. The summed E-state index contributed by atoms with van der Waals surface area (Å²) in [6.45, 7) is 7.73. The molecule has 1 aliphatic heterocycles. The smallest absolute Gasteiger partial charge is 0.307 e. The number of nitrogens with zero attached hydrogens (tertiary/aromatic N) is 2. The Balaban J connectivity index is 1.82. The van der Waals surface area contributed by atoms with Crippen LogP contribution >= 0.6 is 0 Å². The zero-order chi connectivity index (χ0) is 21.7. The van der Waals surface area contributed by atoms with Crippen molar-refractivity contribution in [2.45, 2.75) is 59.0 Å². The van der Waals surface area contributed by atoms with Crippen molar-refractivity contribution in [3.8, 4) is 23.0 Å². The van der Waals surface area contributed by atoms with Crippen LogP contribution in [-0.4, -0.2) is 49.3 Å². The molecule has 1 fully saturated rings. The number of rotatable bonds is 8. The number of carbonyl (C=O) groups is 1. The van der Waals surface area contributed by atoms with E-state index in [0.717, 1.165) is 54.1 Å². The fraction of sp³-hybridized carbons (Fsp3) is 0.565. The summed E-state index contributed by atoms with van der Waals surface area (Å²) in [6.07, 6.45) is 3.66. The van der Waals surface area contributed by atoms with E-state index in [1.54, 1.807) is 14.2 Å². The van der Waals surface area contributed by atoms with Gasteiger partial charge in [0.15, 0.2) is 0 Å². The van der Waals surface area contributed by atoms with Crippen LogP contribution in [0.25, 0.3) is 11.5 Å². The zero-order valence-electron chi connectivity index (χ0n) is 18.6. The molecule has 30 heavy (non-hydrogen) atoms. The third kappa shape index (κ3) is 4.78. The van der Waals surface area contributed by atoms with E-state index in [4.69, 9.17) is 23.6 Å². The van der Waals surface area contributed by atoms with Crippen LogP contribution in [0.3, 0.4) is 0 Å². The molecule has 3 rings (SSSR count). The van der Waals surface area contributed by atoms with E-state index in [1.165, 1.54) is 0 Å². The van der Waals surface area contributed by atoms with Crippen molar-refractivity contribution in [3.05, 3.63) is 29.2 Å². The summed E-state index contributed by atoms with van der Waals surface area (Å²) in [5.41, 5.74) is 2.59. The van der Waals surface area contributed by atoms with Gasteiger partial charge in [-0.1, -0.05) is 6.42 Å². The molecule has 0 saturated carbocycles. The molecule has 164 valence electrons. The molecule has 1 saturated heterocycles. The Kier molecular flexibility index (Phi) is 7.37. The first-order chi connectivity index (χ1) is 14.5. The number of carbonyl (C=O) groups excluding carboxylic acids is 1. The first kappa shape index (κ1) is 22.2. The third-order valence-electron chi connectivity index (χ3n) is 5.71. The van der Waals surface area contributed by atoms with Crippen LogP contribution in [0.2, 0.25) is 0 Å². The Hall–Kier alpha value is -2.54. The predicted molar refractivity (Wildman–Crippen MR) is 114 cm³/mol. The van der Waals surface area contributed by atoms with E-state index in [9.17, 15) is 4.79 Å². The summed E-state index contributed by atoms with van der Waals surface area (Å²) in [4.78, 5) is 19.1. The number of benzene rings is 1. The van der Waals surface area contributed by atoms with Crippen LogP contribution < -0.4 is 9.47 Å². The van der Waals surface area contributed by atoms with Gasteiger partial charge in [0.2, 0.25) is 5.89 Å². The lowest BCUT2D eigenvalue weighted by atomic mass is 9.99. The van der Waals surface area contributed by atoms with Crippen molar-refractivity contribution in [2.24, 2.45) is 0 Å². The number of aryl methyl sites for hydroxylation is 1. The van der Waals surface area contributed by atoms with Crippen LogP contribution in [0, 0.1) is 13.8 Å². The van der Waals surface area contributed by atoms with Crippen molar-refractivity contribution in [1.82, 2.24) is 9.88 Å². The molecule has 1 aliphatic rings. The van der Waals surface area contributed by atoms with E-state index < -0.39 is 0 Å². The molecule has 0 bridgehead atoms. The van der Waals surface area contributed by atoms with Gasteiger partial charge in [0, 0.05) is 18.2 Å². The molecule has 1 aromatic heterocycles. The summed E-state index contributed by atoms with van der Waals surface area (Å²) in [5, 5.41) is 0. The molecule has 0 spiro atoms. The molecule has 7 heteroatoms. The van der Waals surface area contributed by atoms with Gasteiger partial charge in [0.05, 0.1) is 38.5 Å². The molecular formula is C23H32N2O5. The summed E-state index contributed by atoms with van der Waals surface area (Å²) < 4.78 is 22.2. The highest BCUT2D eigenvalue weighted by Crippen LogP contribution is 2.38. The lowest BCUT2D eigenvalue weighted by Gasteiger charge is -2.34. The highest BCUT2D eigenvalue weighted by Gasteiger charge is 2.27. The zero-order valence-corrected chi connectivity index (χ0v) is 18.6. The first-order valence-electron chi connectivity index (χ1n) is 10.6. The normalized spacial score (nSPS) is 17.0. The van der Waals surface area contributed by atoms with Crippen molar-refractivity contribution < 1.29 is 23.4 Å². The molecule has 1 atom stereocenters. The van der Waals surface area contributed by atoms with Crippen LogP contribution in [-0.2, 0) is 16.1 Å². The van der Waals surface area contributed by atoms with Crippen LogP contribution in [0.1, 0.15) is 49.6 Å². The number of likely N-dealkylation sites (tertiary alicyclic amines) is 1. The molecule has 2 aromatic rings. The van der Waals surface area contributed by atoms with E-state index in [2.05, 4.69) is 4.90 Å². The SMILES string of the molecule is CCOC(=O)CC1CCCCN1Cc1nc(-c2ccc(OC)c(C)c2OC)oc1C. The first-order valence-corrected chi connectivity index (χ1v) is 10.6. The number of piperidine rings is 1. The van der Waals surface area contributed by atoms with Crippen molar-refractivity contribution in [3.63, 3.8) is 0 Å². The van der Waals surface area contributed by atoms with Crippen molar-refractivity contribution in [2.75, 3.05) is 27.4 Å². The molecule has 0 amide bonds. The van der Waals surface area contributed by atoms with Crippen molar-refractivity contribution in [1.29, 1.82) is 0 Å². The second-order valence-corrected chi connectivity index (χ2v) is 7.62. The van der Waals surface area contributed by atoms with Gasteiger partial charge >= 0.3 is 5.97 Å². The fourth-order valence-corrected chi connectivity index (χ4v) is 4.12. The molecule has 2 heterocycles. The molecular weight excluding hydrogens is 384 g/mol. The Morgan fingerprint density at radius 3 is 2.73 bits per heavy atom. The number of hydrogen-bond acceptors (Lipinski definition) is 7. The van der Waals surface area contributed by atoms with Gasteiger partial charge in [-0.2, -0.15) is 0 Å². The van der Waals surface area contributed by atoms with Gasteiger partial charge in [-0.25, -0.2) is 4.98 Å². The Morgan fingerprint density at radius 2 is 2.03 bits per heavy atom. The van der Waals surface area contributed by atoms with E-state index in [0.29, 0.717) is 31.2 Å². The van der Waals surface area contributed by atoms with Gasteiger partial charge in [0.1, 0.15) is 17.3 Å². The number of oxazole rings is 1. The van der Waals surface area contributed by atoms with Crippen LogP contribution in [0.4, 0.5) is 0 Å². The van der Waals surface area contributed by atoms with Crippen LogP contribution in [0.5, 0.6) is 11.5 Å². The molecule has 1 aromatic carbocycles. The minimum absolute atomic E-state index is 0.134. The van der Waals surface area contributed by atoms with Crippen molar-refractivity contribution >= 4 is 5.97 Å². The van der Waals surface area contributed by atoms with Gasteiger partial charge < -0.3 is 18.6 Å². The third-order valence-corrected chi connectivity index (χ3v) is 5.71. The largest absolute Gasteiger partial charge is 0.496 e. The van der Waals surface area contributed by atoms with E-state index in [-0.39, 0.29) is 12.0 Å². The maximum atomic E-state index is 12.0. The average molecular weight is 417 g/mol. The summed E-state index contributed by atoms with van der Waals surface area (Å²) in [5.74, 6) is 2.63. The molecule has 1 unspecified atom stereocenters. The number of methoxy groups -OCH3 is 2. The lowest BCUT2D eigenvalue weighted by Crippen LogP contribution is -2.40. The molecule has 0 aliphatic carbocycles.